The van der Waals surface area contributed by atoms with Crippen LogP contribution >= 0.6 is 27.7 Å². The molecule has 2 atom stereocenters. The highest BCUT2D eigenvalue weighted by atomic mass is 79.9. The molecule has 0 amide bonds. The van der Waals surface area contributed by atoms with Crippen LogP contribution in [-0.2, 0) is 0 Å². The molecule has 94 valence electrons. The van der Waals surface area contributed by atoms with Gasteiger partial charge in [0.05, 0.1) is 0 Å². The Hall–Kier alpha value is 0.01000. The lowest BCUT2D eigenvalue weighted by atomic mass is 10.0. The molecule has 1 aliphatic heterocycles. The van der Waals surface area contributed by atoms with Gasteiger partial charge in [0.1, 0.15) is 0 Å². The summed E-state index contributed by atoms with van der Waals surface area (Å²) < 4.78 is 0. The van der Waals surface area contributed by atoms with Gasteiger partial charge in [-0.25, -0.2) is 0 Å². The molecule has 17 heavy (non-hydrogen) atoms. The molecular weight excluding hydrogens is 294 g/mol. The van der Waals surface area contributed by atoms with Gasteiger partial charge in [0.2, 0.25) is 0 Å². The Morgan fingerprint density at radius 1 is 1.35 bits per heavy atom. The first-order valence-corrected chi connectivity index (χ1v) is 8.20. The third kappa shape index (κ3) is 4.31. The van der Waals surface area contributed by atoms with Crippen LogP contribution in [0.2, 0.25) is 0 Å². The first-order chi connectivity index (χ1) is 8.25. The molecule has 0 bridgehead atoms. The molecule has 0 radical (unpaired) electrons. The normalized spacial score (nSPS) is 26.0. The number of piperidine rings is 1. The minimum Gasteiger partial charge on any atom is -0.302 e. The van der Waals surface area contributed by atoms with E-state index in [1.807, 2.05) is 11.8 Å². The molecule has 1 heterocycles. The summed E-state index contributed by atoms with van der Waals surface area (Å²) in [6.07, 6.45) is 1.29. The molecule has 1 saturated heterocycles. The summed E-state index contributed by atoms with van der Waals surface area (Å²) in [5.41, 5.74) is 0. The summed E-state index contributed by atoms with van der Waals surface area (Å²) in [6.45, 7) is 6.04. The second-order valence-electron chi connectivity index (χ2n) is 4.74. The Morgan fingerprint density at radius 3 is 2.82 bits per heavy atom. The van der Waals surface area contributed by atoms with Crippen LogP contribution in [0.5, 0.6) is 0 Å². The van der Waals surface area contributed by atoms with E-state index in [1.54, 1.807) is 0 Å². The highest BCUT2D eigenvalue weighted by Crippen LogP contribution is 2.24. The molecule has 0 aliphatic carbocycles. The third-order valence-corrected chi connectivity index (χ3v) is 5.66. The number of hydrogen-bond donors (Lipinski definition) is 0. The predicted octanol–water partition coefficient (Wildman–Crippen LogP) is 3.88. The van der Waals surface area contributed by atoms with Crippen LogP contribution in [0, 0.1) is 5.92 Å². The summed E-state index contributed by atoms with van der Waals surface area (Å²) >= 11 is 5.72. The van der Waals surface area contributed by atoms with Crippen molar-refractivity contribution in [3.05, 3.63) is 30.3 Å². The molecule has 1 fully saturated rings. The van der Waals surface area contributed by atoms with Crippen molar-refractivity contribution in [2.45, 2.75) is 23.1 Å². The molecule has 1 aliphatic rings. The van der Waals surface area contributed by atoms with Crippen LogP contribution in [0.1, 0.15) is 13.3 Å². The number of alkyl halides is 1. The van der Waals surface area contributed by atoms with Crippen LogP contribution in [0.25, 0.3) is 0 Å². The van der Waals surface area contributed by atoms with Crippen LogP contribution in [-0.4, -0.2) is 35.1 Å². The van der Waals surface area contributed by atoms with E-state index in [4.69, 9.17) is 0 Å². The van der Waals surface area contributed by atoms with Gasteiger partial charge >= 0.3 is 0 Å². The molecule has 0 aromatic heterocycles. The number of hydrogen-bond acceptors (Lipinski definition) is 2. The minimum absolute atomic E-state index is 0.723. The quantitative estimate of drug-likeness (QED) is 0.613. The molecule has 0 N–H and O–H groups in total. The van der Waals surface area contributed by atoms with Crippen LogP contribution in [0.15, 0.2) is 35.2 Å². The molecule has 2 unspecified atom stereocenters. The second-order valence-corrected chi connectivity index (χ2v) is 7.09. The van der Waals surface area contributed by atoms with Crippen molar-refractivity contribution >= 4 is 27.7 Å². The second kappa shape index (κ2) is 6.81. The van der Waals surface area contributed by atoms with E-state index >= 15 is 0 Å². The lowest BCUT2D eigenvalue weighted by molar-refractivity contribution is 0.202. The van der Waals surface area contributed by atoms with Gasteiger partial charge in [-0.05, 0) is 31.0 Å². The lowest BCUT2D eigenvalue weighted by Crippen LogP contribution is -2.40. The standard InChI is InChI=1S/C14H20BrNS/c1-12-11-16(8-7-14(12)15)9-10-17-13-5-3-2-4-6-13/h2-6,12,14H,7-11H2,1H3. The van der Waals surface area contributed by atoms with E-state index in [2.05, 4.69) is 58.1 Å². The summed E-state index contributed by atoms with van der Waals surface area (Å²) in [6, 6.07) is 10.7. The zero-order valence-electron chi connectivity index (χ0n) is 10.3. The van der Waals surface area contributed by atoms with E-state index < -0.39 is 0 Å². The van der Waals surface area contributed by atoms with Gasteiger partial charge in [-0.2, -0.15) is 0 Å². The number of likely N-dealkylation sites (tertiary alicyclic amines) is 1. The molecule has 3 heteroatoms. The maximum absolute atomic E-state index is 3.75. The topological polar surface area (TPSA) is 3.24 Å². The monoisotopic (exact) mass is 313 g/mol. The van der Waals surface area contributed by atoms with Gasteiger partial charge in [-0.3, -0.25) is 0 Å². The first-order valence-electron chi connectivity index (χ1n) is 6.30. The molecule has 2 rings (SSSR count). The lowest BCUT2D eigenvalue weighted by Gasteiger charge is -2.34. The van der Waals surface area contributed by atoms with Gasteiger partial charge in [0.15, 0.2) is 0 Å². The maximum Gasteiger partial charge on any atom is 0.0195 e. The average molecular weight is 314 g/mol. The van der Waals surface area contributed by atoms with Gasteiger partial charge in [0, 0.05) is 28.6 Å². The highest BCUT2D eigenvalue weighted by molar-refractivity contribution is 9.09. The number of nitrogens with zero attached hydrogens (tertiary/aromatic N) is 1. The van der Waals surface area contributed by atoms with Crippen molar-refractivity contribution in [2.24, 2.45) is 5.92 Å². The predicted molar refractivity (Wildman–Crippen MR) is 80.1 cm³/mol. The summed E-state index contributed by atoms with van der Waals surface area (Å²) in [5, 5.41) is 0. The van der Waals surface area contributed by atoms with Crippen LogP contribution < -0.4 is 0 Å². The molecule has 1 nitrogen and oxygen atoms in total. The molecule has 1 aromatic rings. The van der Waals surface area contributed by atoms with Gasteiger partial charge in [0.25, 0.3) is 0 Å². The summed E-state index contributed by atoms with van der Waals surface area (Å²) in [4.78, 5) is 4.70. The fourth-order valence-corrected chi connectivity index (χ4v) is 3.52. The molecular formula is C14H20BrNS. The molecule has 0 saturated carbocycles. The Balaban J connectivity index is 1.69. The van der Waals surface area contributed by atoms with Gasteiger partial charge in [-0.1, -0.05) is 41.1 Å². The fraction of sp³-hybridized carbons (Fsp3) is 0.571. The van der Waals surface area contributed by atoms with E-state index in [0.717, 1.165) is 10.7 Å². The van der Waals surface area contributed by atoms with Gasteiger partial charge < -0.3 is 4.90 Å². The Kier molecular flexibility index (Phi) is 5.39. The zero-order chi connectivity index (χ0) is 12.1. The van der Waals surface area contributed by atoms with Crippen LogP contribution in [0.3, 0.4) is 0 Å². The smallest absolute Gasteiger partial charge is 0.0195 e. The Labute approximate surface area is 117 Å². The Bertz CT molecular complexity index is 330. The van der Waals surface area contributed by atoms with Crippen molar-refractivity contribution in [1.29, 1.82) is 0 Å². The van der Waals surface area contributed by atoms with Crippen molar-refractivity contribution in [2.75, 3.05) is 25.4 Å². The minimum atomic E-state index is 0.723. The fourth-order valence-electron chi connectivity index (χ4n) is 2.22. The number of halogens is 1. The van der Waals surface area contributed by atoms with Crippen LogP contribution in [0.4, 0.5) is 0 Å². The van der Waals surface area contributed by atoms with Crippen molar-refractivity contribution in [1.82, 2.24) is 4.90 Å². The van der Waals surface area contributed by atoms with E-state index in [1.165, 1.54) is 36.7 Å². The van der Waals surface area contributed by atoms with E-state index in [0.29, 0.717) is 0 Å². The number of rotatable bonds is 4. The largest absolute Gasteiger partial charge is 0.302 e. The highest BCUT2D eigenvalue weighted by Gasteiger charge is 2.23. The first kappa shape index (κ1) is 13.4. The Morgan fingerprint density at radius 2 is 2.12 bits per heavy atom. The SMILES string of the molecule is CC1CN(CCSc2ccccc2)CCC1Br. The molecule has 0 spiro atoms. The molecule has 1 aromatic carbocycles. The maximum atomic E-state index is 3.75. The number of thioether (sulfide) groups is 1. The van der Waals surface area contributed by atoms with Crippen molar-refractivity contribution in [3.8, 4) is 0 Å². The number of benzene rings is 1. The third-order valence-electron chi connectivity index (χ3n) is 3.30. The summed E-state index contributed by atoms with van der Waals surface area (Å²) in [7, 11) is 0. The zero-order valence-corrected chi connectivity index (χ0v) is 12.7. The van der Waals surface area contributed by atoms with E-state index in [-0.39, 0.29) is 0 Å². The van der Waals surface area contributed by atoms with Crippen molar-refractivity contribution < 1.29 is 0 Å². The summed E-state index contributed by atoms with van der Waals surface area (Å²) in [5.74, 6) is 1.98. The van der Waals surface area contributed by atoms with Crippen molar-refractivity contribution in [3.63, 3.8) is 0 Å². The average Bonchev–Trinajstić information content (AvgIpc) is 2.35. The van der Waals surface area contributed by atoms with Gasteiger partial charge in [-0.15, -0.1) is 11.8 Å². The van der Waals surface area contributed by atoms with E-state index in [9.17, 15) is 0 Å².